The second-order valence-corrected chi connectivity index (χ2v) is 5.87. The summed E-state index contributed by atoms with van der Waals surface area (Å²) < 4.78 is 5.78. The van der Waals surface area contributed by atoms with Crippen LogP contribution in [0, 0.1) is 5.92 Å². The van der Waals surface area contributed by atoms with Crippen LogP contribution in [0.2, 0.25) is 0 Å². The van der Waals surface area contributed by atoms with Crippen LogP contribution in [-0.2, 0) is 4.79 Å². The first-order valence-electron chi connectivity index (χ1n) is 7.85. The highest BCUT2D eigenvalue weighted by Crippen LogP contribution is 2.28. The standard InChI is InChI=1S/C17H26N2O2/c1-3-13(2)15-6-4-5-7-16(15)21-12-17(20)19-9-8-14(10-18)11-19/h4-7,13-14H,3,8-12,18H2,1-2H3. The van der Waals surface area contributed by atoms with E-state index in [-0.39, 0.29) is 12.5 Å². The Bertz CT molecular complexity index is 476. The smallest absolute Gasteiger partial charge is 0.260 e. The van der Waals surface area contributed by atoms with Crippen LogP contribution in [0.3, 0.4) is 0 Å². The zero-order valence-electron chi connectivity index (χ0n) is 13.0. The van der Waals surface area contributed by atoms with Crippen LogP contribution < -0.4 is 10.5 Å². The molecule has 0 saturated carbocycles. The summed E-state index contributed by atoms with van der Waals surface area (Å²) in [5, 5.41) is 0. The molecule has 0 radical (unpaired) electrons. The van der Waals surface area contributed by atoms with E-state index in [1.54, 1.807) is 0 Å². The highest BCUT2D eigenvalue weighted by molar-refractivity contribution is 5.78. The third-order valence-electron chi connectivity index (χ3n) is 4.39. The van der Waals surface area contributed by atoms with Gasteiger partial charge >= 0.3 is 0 Å². The van der Waals surface area contributed by atoms with Crippen LogP contribution in [-0.4, -0.2) is 37.0 Å². The van der Waals surface area contributed by atoms with Crippen molar-refractivity contribution in [3.63, 3.8) is 0 Å². The van der Waals surface area contributed by atoms with E-state index in [1.165, 1.54) is 5.56 Å². The lowest BCUT2D eigenvalue weighted by molar-refractivity contribution is -0.132. The molecule has 116 valence electrons. The molecule has 1 aliphatic heterocycles. The Kier molecular flexibility index (Phi) is 5.62. The Balaban J connectivity index is 1.93. The van der Waals surface area contributed by atoms with Crippen molar-refractivity contribution in [2.45, 2.75) is 32.6 Å². The van der Waals surface area contributed by atoms with E-state index in [0.717, 1.165) is 31.7 Å². The molecule has 4 heteroatoms. The van der Waals surface area contributed by atoms with Gasteiger partial charge in [-0.3, -0.25) is 4.79 Å². The number of para-hydroxylation sites is 1. The number of nitrogens with zero attached hydrogens (tertiary/aromatic N) is 1. The number of ether oxygens (including phenoxy) is 1. The van der Waals surface area contributed by atoms with Crippen molar-refractivity contribution in [3.05, 3.63) is 29.8 Å². The van der Waals surface area contributed by atoms with Gasteiger partial charge in [-0.25, -0.2) is 0 Å². The van der Waals surface area contributed by atoms with Gasteiger partial charge in [0.2, 0.25) is 0 Å². The van der Waals surface area contributed by atoms with E-state index >= 15 is 0 Å². The van der Waals surface area contributed by atoms with Gasteiger partial charge in [-0.15, -0.1) is 0 Å². The molecule has 0 bridgehead atoms. The van der Waals surface area contributed by atoms with E-state index in [0.29, 0.717) is 18.4 Å². The van der Waals surface area contributed by atoms with Crippen LogP contribution in [0.5, 0.6) is 5.75 Å². The van der Waals surface area contributed by atoms with E-state index < -0.39 is 0 Å². The third kappa shape index (κ3) is 3.97. The van der Waals surface area contributed by atoms with Crippen molar-refractivity contribution in [1.29, 1.82) is 0 Å². The molecule has 21 heavy (non-hydrogen) atoms. The van der Waals surface area contributed by atoms with Crippen molar-refractivity contribution < 1.29 is 9.53 Å². The Morgan fingerprint density at radius 3 is 2.90 bits per heavy atom. The van der Waals surface area contributed by atoms with Gasteiger partial charge in [-0.05, 0) is 42.9 Å². The number of carbonyl (C=O) groups is 1. The molecule has 4 nitrogen and oxygen atoms in total. The van der Waals surface area contributed by atoms with Crippen molar-refractivity contribution in [2.24, 2.45) is 11.7 Å². The molecule has 2 unspecified atom stereocenters. The van der Waals surface area contributed by atoms with E-state index in [1.807, 2.05) is 23.1 Å². The summed E-state index contributed by atoms with van der Waals surface area (Å²) in [6.07, 6.45) is 2.06. The predicted octanol–water partition coefficient (Wildman–Crippen LogP) is 2.39. The molecule has 1 aliphatic rings. The van der Waals surface area contributed by atoms with Crippen LogP contribution in [0.1, 0.15) is 38.2 Å². The van der Waals surface area contributed by atoms with Crippen molar-refractivity contribution in [1.82, 2.24) is 4.90 Å². The summed E-state index contributed by atoms with van der Waals surface area (Å²) in [7, 11) is 0. The fourth-order valence-corrected chi connectivity index (χ4v) is 2.72. The van der Waals surface area contributed by atoms with Crippen molar-refractivity contribution >= 4 is 5.91 Å². The highest BCUT2D eigenvalue weighted by atomic mass is 16.5. The van der Waals surface area contributed by atoms with E-state index in [2.05, 4.69) is 19.9 Å². The third-order valence-corrected chi connectivity index (χ3v) is 4.39. The molecule has 2 rings (SSSR count). The highest BCUT2D eigenvalue weighted by Gasteiger charge is 2.25. The van der Waals surface area contributed by atoms with Crippen molar-refractivity contribution in [2.75, 3.05) is 26.2 Å². The molecule has 0 aromatic heterocycles. The first kappa shape index (κ1) is 15.8. The molecule has 2 N–H and O–H groups in total. The number of hydrogen-bond donors (Lipinski definition) is 1. The molecule has 1 fully saturated rings. The maximum Gasteiger partial charge on any atom is 0.260 e. The molecule has 1 heterocycles. The SMILES string of the molecule is CCC(C)c1ccccc1OCC(=O)N1CCC(CN)C1. The number of benzene rings is 1. The maximum absolute atomic E-state index is 12.2. The van der Waals surface area contributed by atoms with Crippen LogP contribution >= 0.6 is 0 Å². The predicted molar refractivity (Wildman–Crippen MR) is 84.4 cm³/mol. The lowest BCUT2D eigenvalue weighted by atomic mass is 9.98. The summed E-state index contributed by atoms with van der Waals surface area (Å²) in [4.78, 5) is 14.1. The van der Waals surface area contributed by atoms with Gasteiger partial charge < -0.3 is 15.4 Å². The fourth-order valence-electron chi connectivity index (χ4n) is 2.72. The molecule has 2 atom stereocenters. The molecule has 1 amide bonds. The summed E-state index contributed by atoms with van der Waals surface area (Å²) in [6, 6.07) is 7.99. The second-order valence-electron chi connectivity index (χ2n) is 5.87. The molecule has 1 saturated heterocycles. The van der Waals surface area contributed by atoms with E-state index in [9.17, 15) is 4.79 Å². The summed E-state index contributed by atoms with van der Waals surface area (Å²) in [5.41, 5.74) is 6.84. The van der Waals surface area contributed by atoms with Gasteiger partial charge in [0, 0.05) is 13.1 Å². The number of likely N-dealkylation sites (tertiary alicyclic amines) is 1. The quantitative estimate of drug-likeness (QED) is 0.875. The largest absolute Gasteiger partial charge is 0.483 e. The molecular formula is C17H26N2O2. The van der Waals surface area contributed by atoms with Crippen LogP contribution in [0.25, 0.3) is 0 Å². The fraction of sp³-hybridized carbons (Fsp3) is 0.588. The van der Waals surface area contributed by atoms with Gasteiger partial charge in [-0.1, -0.05) is 32.0 Å². The first-order valence-corrected chi connectivity index (χ1v) is 7.85. The number of rotatable bonds is 6. The van der Waals surface area contributed by atoms with Crippen molar-refractivity contribution in [3.8, 4) is 5.75 Å². The molecule has 0 spiro atoms. The van der Waals surface area contributed by atoms with Gasteiger partial charge in [0.25, 0.3) is 5.91 Å². The molecule has 1 aromatic rings. The van der Waals surface area contributed by atoms with Gasteiger partial charge in [0.15, 0.2) is 6.61 Å². The first-order chi connectivity index (χ1) is 10.2. The second kappa shape index (κ2) is 7.46. The summed E-state index contributed by atoms with van der Waals surface area (Å²) in [6.45, 7) is 6.68. The normalized spacial score (nSPS) is 19.6. The number of carbonyl (C=O) groups excluding carboxylic acids is 1. The van der Waals surface area contributed by atoms with Crippen LogP contribution in [0.15, 0.2) is 24.3 Å². The van der Waals surface area contributed by atoms with Crippen LogP contribution in [0.4, 0.5) is 0 Å². The number of hydrogen-bond acceptors (Lipinski definition) is 3. The monoisotopic (exact) mass is 290 g/mol. The van der Waals surface area contributed by atoms with E-state index in [4.69, 9.17) is 10.5 Å². The minimum atomic E-state index is 0.0601. The lowest BCUT2D eigenvalue weighted by Gasteiger charge is -2.19. The van der Waals surface area contributed by atoms with Gasteiger partial charge in [0.05, 0.1) is 0 Å². The zero-order chi connectivity index (χ0) is 15.2. The van der Waals surface area contributed by atoms with Gasteiger partial charge in [0.1, 0.15) is 5.75 Å². The topological polar surface area (TPSA) is 55.6 Å². The zero-order valence-corrected chi connectivity index (χ0v) is 13.0. The number of nitrogens with two attached hydrogens (primary N) is 1. The lowest BCUT2D eigenvalue weighted by Crippen LogP contribution is -2.33. The maximum atomic E-state index is 12.2. The Morgan fingerprint density at radius 1 is 1.48 bits per heavy atom. The molecule has 1 aromatic carbocycles. The summed E-state index contributed by atoms with van der Waals surface area (Å²) >= 11 is 0. The average Bonchev–Trinajstić information content (AvgIpc) is 3.01. The number of amides is 1. The molecule has 0 aliphatic carbocycles. The Hall–Kier alpha value is -1.55. The Morgan fingerprint density at radius 2 is 2.24 bits per heavy atom. The minimum absolute atomic E-state index is 0.0601. The Labute approximate surface area is 127 Å². The minimum Gasteiger partial charge on any atom is -0.483 e. The average molecular weight is 290 g/mol. The van der Waals surface area contributed by atoms with Gasteiger partial charge in [-0.2, -0.15) is 0 Å². The molecular weight excluding hydrogens is 264 g/mol. The summed E-state index contributed by atoms with van der Waals surface area (Å²) in [5.74, 6) is 1.77.